The second kappa shape index (κ2) is 32.0. The lowest BCUT2D eigenvalue weighted by Crippen LogP contribution is -2.02. The van der Waals surface area contributed by atoms with E-state index in [1.807, 2.05) is 42.5 Å². The lowest BCUT2D eigenvalue weighted by Gasteiger charge is -2.18. The second-order valence-corrected chi connectivity index (χ2v) is 18.1. The molecular formula is C58H86. The van der Waals surface area contributed by atoms with Gasteiger partial charge in [0.05, 0.1) is 0 Å². The Balaban J connectivity index is 0.000000332. The van der Waals surface area contributed by atoms with E-state index in [4.69, 9.17) is 0 Å². The predicted octanol–water partition coefficient (Wildman–Crippen LogP) is 18.7. The smallest absolute Gasteiger partial charge is 0.0111 e. The fourth-order valence-corrected chi connectivity index (χ4v) is 7.07. The molecule has 0 heterocycles. The van der Waals surface area contributed by atoms with Crippen molar-refractivity contribution < 1.29 is 0 Å². The zero-order chi connectivity index (χ0) is 43.1. The largest absolute Gasteiger partial charge is 0.0999 e. The number of aryl methyl sites for hydroxylation is 2. The van der Waals surface area contributed by atoms with E-state index in [-0.39, 0.29) is 0 Å². The fraction of sp³-hybridized carbons (Fsp3) is 0.483. The van der Waals surface area contributed by atoms with Crippen molar-refractivity contribution in [2.24, 2.45) is 17.8 Å². The SMILES string of the molecule is C=C1C=CC(C)=C1.C=C1CC=C(C)C1.C=C1CC=C(C)CC1.C=C1CCC(C)C1.C=C1CCC(C)CC1.CC1CCCCC1.Cc1ccccc1.Cc1ccccc1. The van der Waals surface area contributed by atoms with E-state index in [9.17, 15) is 0 Å². The standard InChI is InChI=1S/C8H14.C8H12.C7H12.C7H10.C7H8.C7H14.2C7H8/c2*1-7-3-5-8(2)6-4-7;3*1-6-3-4-7(2)5-6;3*1-7-5-3-2-4-6-7/h8H,1,3-6H2,2H3;5H,1,3-4,6H2,2H3;7H,1,3-5H2,2H3;4H,1,3,5H2,2H3;3-5H,1H2,2H3;7H,2-6H2,1H3;2*2-6H,1H3. The van der Waals surface area contributed by atoms with Crippen molar-refractivity contribution in [3.05, 3.63) is 180 Å². The monoisotopic (exact) mass is 783 g/mol. The lowest BCUT2D eigenvalue weighted by molar-refractivity contribution is 0.385. The van der Waals surface area contributed by atoms with Gasteiger partial charge in [0.25, 0.3) is 0 Å². The molecule has 0 nitrogen and oxygen atoms in total. The van der Waals surface area contributed by atoms with Crippen molar-refractivity contribution >= 4 is 0 Å². The van der Waals surface area contributed by atoms with Gasteiger partial charge in [0.2, 0.25) is 0 Å². The molecule has 1 atom stereocenters. The summed E-state index contributed by atoms with van der Waals surface area (Å²) in [6.07, 6.45) is 33.1. The number of hydrogen-bond donors (Lipinski definition) is 0. The van der Waals surface area contributed by atoms with E-state index in [0.717, 1.165) is 42.6 Å². The summed E-state index contributed by atoms with van der Waals surface area (Å²) in [5, 5.41) is 0. The van der Waals surface area contributed by atoms with Crippen molar-refractivity contribution in [1.82, 2.24) is 0 Å². The third kappa shape index (κ3) is 30.2. The molecule has 3 saturated carbocycles. The topological polar surface area (TPSA) is 0 Å². The quantitative estimate of drug-likeness (QED) is 0.234. The van der Waals surface area contributed by atoms with Crippen LogP contribution in [0.2, 0.25) is 0 Å². The highest BCUT2D eigenvalue weighted by Gasteiger charge is 2.12. The Morgan fingerprint density at radius 1 is 0.448 bits per heavy atom. The summed E-state index contributed by atoms with van der Waals surface area (Å²) in [6, 6.07) is 20.5. The molecule has 2 aromatic carbocycles. The fourth-order valence-electron chi connectivity index (χ4n) is 7.07. The van der Waals surface area contributed by atoms with Crippen LogP contribution in [0.15, 0.2) is 169 Å². The minimum atomic E-state index is 0.924. The van der Waals surface area contributed by atoms with Gasteiger partial charge in [-0.3, -0.25) is 0 Å². The Labute approximate surface area is 360 Å². The summed E-state index contributed by atoms with van der Waals surface area (Å²) in [4.78, 5) is 0. The Hall–Kier alpha value is -3.90. The maximum atomic E-state index is 3.95. The van der Waals surface area contributed by atoms with E-state index in [2.05, 4.69) is 137 Å². The van der Waals surface area contributed by atoms with E-state index < -0.39 is 0 Å². The van der Waals surface area contributed by atoms with Gasteiger partial charge in [-0.05, 0) is 135 Å². The van der Waals surface area contributed by atoms with Gasteiger partial charge in [0.15, 0.2) is 0 Å². The Morgan fingerprint density at radius 3 is 1.16 bits per heavy atom. The molecule has 0 bridgehead atoms. The molecule has 0 radical (unpaired) electrons. The van der Waals surface area contributed by atoms with Gasteiger partial charge in [0, 0.05) is 0 Å². The number of allylic oxidation sites excluding steroid dienone is 13. The summed E-state index contributed by atoms with van der Waals surface area (Å²) in [5.41, 5.74) is 13.7. The van der Waals surface area contributed by atoms with Gasteiger partial charge in [-0.25, -0.2) is 0 Å². The molecule has 8 rings (SSSR count). The molecule has 0 amide bonds. The van der Waals surface area contributed by atoms with Crippen molar-refractivity contribution in [1.29, 1.82) is 0 Å². The maximum Gasteiger partial charge on any atom is -0.0111 e. The van der Waals surface area contributed by atoms with Crippen LogP contribution in [0.3, 0.4) is 0 Å². The predicted molar refractivity (Wildman–Crippen MR) is 264 cm³/mol. The minimum Gasteiger partial charge on any atom is -0.0999 e. The van der Waals surface area contributed by atoms with Crippen LogP contribution < -0.4 is 0 Å². The van der Waals surface area contributed by atoms with Crippen molar-refractivity contribution in [2.75, 3.05) is 0 Å². The minimum absolute atomic E-state index is 0.924. The van der Waals surface area contributed by atoms with Crippen LogP contribution in [0.5, 0.6) is 0 Å². The average molecular weight is 783 g/mol. The number of hydrogen-bond acceptors (Lipinski definition) is 0. The summed E-state index contributed by atoms with van der Waals surface area (Å²) in [6.45, 7) is 36.9. The molecule has 3 fully saturated rings. The van der Waals surface area contributed by atoms with Gasteiger partial charge in [0.1, 0.15) is 0 Å². The van der Waals surface area contributed by atoms with Crippen molar-refractivity contribution in [3.63, 3.8) is 0 Å². The first-order valence-corrected chi connectivity index (χ1v) is 22.7. The van der Waals surface area contributed by atoms with E-state index in [1.165, 1.54) is 140 Å². The highest BCUT2D eigenvalue weighted by molar-refractivity contribution is 5.42. The second-order valence-electron chi connectivity index (χ2n) is 18.1. The van der Waals surface area contributed by atoms with Gasteiger partial charge in [-0.15, -0.1) is 0 Å². The van der Waals surface area contributed by atoms with Gasteiger partial charge in [-0.1, -0.05) is 227 Å². The Kier molecular flexibility index (Phi) is 28.8. The van der Waals surface area contributed by atoms with Crippen LogP contribution in [0, 0.1) is 31.6 Å². The zero-order valence-corrected chi connectivity index (χ0v) is 38.9. The normalized spacial score (nSPS) is 19.7. The van der Waals surface area contributed by atoms with Crippen molar-refractivity contribution in [2.45, 2.75) is 165 Å². The molecule has 0 aromatic heterocycles. The molecule has 0 saturated heterocycles. The molecule has 6 aliphatic carbocycles. The number of rotatable bonds is 0. The molecule has 1 unspecified atom stereocenters. The van der Waals surface area contributed by atoms with Crippen LogP contribution in [0.1, 0.15) is 162 Å². The van der Waals surface area contributed by atoms with Gasteiger partial charge < -0.3 is 0 Å². The lowest BCUT2D eigenvalue weighted by atomic mass is 9.88. The molecule has 2 aromatic rings. The molecule has 0 spiro atoms. The van der Waals surface area contributed by atoms with Crippen LogP contribution in [-0.4, -0.2) is 0 Å². The molecule has 0 heteroatoms. The molecule has 0 aliphatic heterocycles. The van der Waals surface area contributed by atoms with Crippen LogP contribution >= 0.6 is 0 Å². The summed E-state index contributed by atoms with van der Waals surface area (Å²) < 4.78 is 0. The molecule has 318 valence electrons. The molecular weight excluding hydrogens is 697 g/mol. The highest BCUT2D eigenvalue weighted by Crippen LogP contribution is 2.28. The first-order chi connectivity index (χ1) is 27.6. The summed E-state index contributed by atoms with van der Waals surface area (Å²) >= 11 is 0. The molecule has 58 heavy (non-hydrogen) atoms. The Morgan fingerprint density at radius 2 is 0.931 bits per heavy atom. The van der Waals surface area contributed by atoms with Crippen LogP contribution in [0.25, 0.3) is 0 Å². The van der Waals surface area contributed by atoms with Crippen molar-refractivity contribution in [3.8, 4) is 0 Å². The third-order valence-corrected chi connectivity index (χ3v) is 11.2. The van der Waals surface area contributed by atoms with E-state index in [1.54, 1.807) is 0 Å². The average Bonchev–Trinajstić information content (AvgIpc) is 3.92. The molecule has 6 aliphatic rings. The van der Waals surface area contributed by atoms with E-state index >= 15 is 0 Å². The van der Waals surface area contributed by atoms with Gasteiger partial charge >= 0.3 is 0 Å². The van der Waals surface area contributed by atoms with Gasteiger partial charge in [-0.2, -0.15) is 0 Å². The first-order valence-electron chi connectivity index (χ1n) is 22.7. The molecule has 0 N–H and O–H groups in total. The summed E-state index contributed by atoms with van der Waals surface area (Å²) in [7, 11) is 0. The van der Waals surface area contributed by atoms with Crippen LogP contribution in [0.4, 0.5) is 0 Å². The zero-order valence-electron chi connectivity index (χ0n) is 38.9. The highest BCUT2D eigenvalue weighted by atomic mass is 14.2. The van der Waals surface area contributed by atoms with Crippen LogP contribution in [-0.2, 0) is 0 Å². The maximum absolute atomic E-state index is 3.95. The third-order valence-electron chi connectivity index (χ3n) is 11.2. The Bertz CT molecular complexity index is 1540. The van der Waals surface area contributed by atoms with E-state index in [0.29, 0.717) is 0 Å². The first kappa shape index (κ1) is 52.1. The summed E-state index contributed by atoms with van der Waals surface area (Å²) in [5.74, 6) is 2.92. The number of benzene rings is 2.